The van der Waals surface area contributed by atoms with Gasteiger partial charge in [-0.05, 0) is 35.1 Å². The highest BCUT2D eigenvalue weighted by Gasteiger charge is 2.02. The molecular formula is C8H13IN4. The van der Waals surface area contributed by atoms with Crippen LogP contribution in [0.5, 0.6) is 0 Å². The molecule has 0 aromatic carbocycles. The average Bonchev–Trinajstić information content (AvgIpc) is 2.16. The van der Waals surface area contributed by atoms with Gasteiger partial charge in [-0.3, -0.25) is 0 Å². The van der Waals surface area contributed by atoms with Crippen molar-refractivity contribution in [1.82, 2.24) is 9.97 Å². The standard InChI is InChI=1S/C8H13IN4/c1-6(2-10)3-12-8-7(9)4-11-5-13-8/h4-6H,2-3,10H2,1H3,(H,11,12,13). The second kappa shape index (κ2) is 5.33. The van der Waals surface area contributed by atoms with Gasteiger partial charge < -0.3 is 11.1 Å². The summed E-state index contributed by atoms with van der Waals surface area (Å²) >= 11 is 2.20. The fourth-order valence-electron chi connectivity index (χ4n) is 0.797. The molecule has 1 heterocycles. The third-order valence-corrected chi connectivity index (χ3v) is 2.48. The van der Waals surface area contributed by atoms with Gasteiger partial charge >= 0.3 is 0 Å². The Balaban J connectivity index is 2.50. The van der Waals surface area contributed by atoms with E-state index in [0.717, 1.165) is 15.9 Å². The molecule has 0 fully saturated rings. The van der Waals surface area contributed by atoms with Gasteiger partial charge in [0.1, 0.15) is 12.1 Å². The highest BCUT2D eigenvalue weighted by atomic mass is 127. The largest absolute Gasteiger partial charge is 0.369 e. The van der Waals surface area contributed by atoms with E-state index in [2.05, 4.69) is 44.8 Å². The van der Waals surface area contributed by atoms with Crippen LogP contribution >= 0.6 is 22.6 Å². The third kappa shape index (κ3) is 3.43. The molecular weight excluding hydrogens is 279 g/mol. The third-order valence-electron chi connectivity index (χ3n) is 1.69. The lowest BCUT2D eigenvalue weighted by molar-refractivity contribution is 0.626. The van der Waals surface area contributed by atoms with Gasteiger partial charge in [0.2, 0.25) is 0 Å². The Labute approximate surface area is 91.5 Å². The number of anilines is 1. The van der Waals surface area contributed by atoms with E-state index in [4.69, 9.17) is 5.73 Å². The molecule has 0 saturated carbocycles. The van der Waals surface area contributed by atoms with Gasteiger partial charge in [-0.1, -0.05) is 6.92 Å². The van der Waals surface area contributed by atoms with E-state index in [0.29, 0.717) is 12.5 Å². The highest BCUT2D eigenvalue weighted by molar-refractivity contribution is 14.1. The van der Waals surface area contributed by atoms with Crippen LogP contribution in [0.15, 0.2) is 12.5 Å². The Bertz CT molecular complexity index is 266. The molecule has 3 N–H and O–H groups in total. The Hall–Kier alpha value is -0.430. The van der Waals surface area contributed by atoms with E-state index in [1.54, 1.807) is 6.20 Å². The summed E-state index contributed by atoms with van der Waals surface area (Å²) in [5, 5.41) is 3.22. The summed E-state index contributed by atoms with van der Waals surface area (Å²) in [6, 6.07) is 0. The quantitative estimate of drug-likeness (QED) is 0.815. The van der Waals surface area contributed by atoms with Gasteiger partial charge in [0.15, 0.2) is 0 Å². The molecule has 1 aromatic rings. The normalized spacial score (nSPS) is 12.5. The number of rotatable bonds is 4. The van der Waals surface area contributed by atoms with E-state index in [1.807, 2.05) is 0 Å². The lowest BCUT2D eigenvalue weighted by atomic mass is 10.2. The second-order valence-electron chi connectivity index (χ2n) is 2.94. The molecule has 72 valence electrons. The molecule has 13 heavy (non-hydrogen) atoms. The minimum absolute atomic E-state index is 0.464. The molecule has 5 heteroatoms. The first-order valence-electron chi connectivity index (χ1n) is 4.13. The lowest BCUT2D eigenvalue weighted by Gasteiger charge is -2.10. The molecule has 0 radical (unpaired) electrons. The number of hydrogen-bond donors (Lipinski definition) is 2. The van der Waals surface area contributed by atoms with Crippen LogP contribution in [0.1, 0.15) is 6.92 Å². The van der Waals surface area contributed by atoms with E-state index in [9.17, 15) is 0 Å². The van der Waals surface area contributed by atoms with Crippen molar-refractivity contribution in [2.75, 3.05) is 18.4 Å². The number of nitrogens with two attached hydrogens (primary N) is 1. The summed E-state index contributed by atoms with van der Waals surface area (Å²) < 4.78 is 1.03. The highest BCUT2D eigenvalue weighted by Crippen LogP contribution is 2.12. The lowest BCUT2D eigenvalue weighted by Crippen LogP contribution is -2.20. The van der Waals surface area contributed by atoms with Gasteiger partial charge in [-0.25, -0.2) is 9.97 Å². The van der Waals surface area contributed by atoms with Gasteiger partial charge in [0, 0.05) is 12.7 Å². The summed E-state index contributed by atoms with van der Waals surface area (Å²) in [4.78, 5) is 8.02. The molecule has 1 aromatic heterocycles. The first-order valence-corrected chi connectivity index (χ1v) is 5.21. The molecule has 0 amide bonds. The van der Waals surface area contributed by atoms with Crippen LogP contribution in [0.25, 0.3) is 0 Å². The number of hydrogen-bond acceptors (Lipinski definition) is 4. The Kier molecular flexibility index (Phi) is 4.37. The van der Waals surface area contributed by atoms with Crippen molar-refractivity contribution in [2.24, 2.45) is 11.7 Å². The topological polar surface area (TPSA) is 63.8 Å². The Morgan fingerprint density at radius 2 is 2.46 bits per heavy atom. The first-order chi connectivity index (χ1) is 6.24. The molecule has 1 unspecified atom stereocenters. The van der Waals surface area contributed by atoms with Crippen molar-refractivity contribution in [3.05, 3.63) is 16.1 Å². The molecule has 0 aliphatic rings. The maximum Gasteiger partial charge on any atom is 0.142 e. The summed E-state index contributed by atoms with van der Waals surface area (Å²) in [7, 11) is 0. The minimum Gasteiger partial charge on any atom is -0.369 e. The van der Waals surface area contributed by atoms with Crippen LogP contribution in [0.3, 0.4) is 0 Å². The van der Waals surface area contributed by atoms with Crippen molar-refractivity contribution in [3.63, 3.8) is 0 Å². The van der Waals surface area contributed by atoms with Crippen molar-refractivity contribution in [1.29, 1.82) is 0 Å². The zero-order chi connectivity index (χ0) is 9.68. The maximum atomic E-state index is 5.50. The summed E-state index contributed by atoms with van der Waals surface area (Å²) in [6.07, 6.45) is 3.32. The molecule has 1 atom stereocenters. The van der Waals surface area contributed by atoms with Crippen LogP contribution in [0.4, 0.5) is 5.82 Å². The van der Waals surface area contributed by atoms with Crippen LogP contribution in [-0.4, -0.2) is 23.1 Å². The molecule has 0 aliphatic heterocycles. The monoisotopic (exact) mass is 292 g/mol. The number of aromatic nitrogens is 2. The first kappa shape index (κ1) is 10.6. The van der Waals surface area contributed by atoms with Crippen molar-refractivity contribution in [2.45, 2.75) is 6.92 Å². The second-order valence-corrected chi connectivity index (χ2v) is 4.10. The molecule has 0 aliphatic carbocycles. The molecule has 4 nitrogen and oxygen atoms in total. The van der Waals surface area contributed by atoms with Crippen molar-refractivity contribution >= 4 is 28.4 Å². The van der Waals surface area contributed by atoms with Gasteiger partial charge in [0.05, 0.1) is 3.57 Å². The fourth-order valence-corrected chi connectivity index (χ4v) is 1.29. The zero-order valence-electron chi connectivity index (χ0n) is 7.50. The zero-order valence-corrected chi connectivity index (χ0v) is 9.65. The molecule has 0 spiro atoms. The predicted octanol–water partition coefficient (Wildman–Crippen LogP) is 1.09. The van der Waals surface area contributed by atoms with Crippen LogP contribution in [0.2, 0.25) is 0 Å². The Morgan fingerprint density at radius 3 is 3.08 bits per heavy atom. The average molecular weight is 292 g/mol. The van der Waals surface area contributed by atoms with Gasteiger partial charge in [-0.15, -0.1) is 0 Å². The fraction of sp³-hybridized carbons (Fsp3) is 0.500. The van der Waals surface area contributed by atoms with Crippen LogP contribution in [0, 0.1) is 9.49 Å². The van der Waals surface area contributed by atoms with Crippen LogP contribution in [-0.2, 0) is 0 Å². The predicted molar refractivity (Wildman–Crippen MR) is 61.5 cm³/mol. The molecule has 1 rings (SSSR count). The van der Waals surface area contributed by atoms with Crippen LogP contribution < -0.4 is 11.1 Å². The van der Waals surface area contributed by atoms with Crippen molar-refractivity contribution in [3.8, 4) is 0 Å². The Morgan fingerprint density at radius 1 is 1.69 bits per heavy atom. The maximum absolute atomic E-state index is 5.50. The van der Waals surface area contributed by atoms with Gasteiger partial charge in [-0.2, -0.15) is 0 Å². The summed E-state index contributed by atoms with van der Waals surface area (Å²) in [5.41, 5.74) is 5.50. The van der Waals surface area contributed by atoms with E-state index < -0.39 is 0 Å². The number of halogens is 1. The summed E-state index contributed by atoms with van der Waals surface area (Å²) in [5.74, 6) is 1.35. The SMILES string of the molecule is CC(CN)CNc1ncncc1I. The van der Waals surface area contributed by atoms with E-state index in [1.165, 1.54) is 6.33 Å². The molecule has 0 saturated heterocycles. The van der Waals surface area contributed by atoms with Gasteiger partial charge in [0.25, 0.3) is 0 Å². The van der Waals surface area contributed by atoms with E-state index >= 15 is 0 Å². The number of nitrogens with zero attached hydrogens (tertiary/aromatic N) is 2. The van der Waals surface area contributed by atoms with Crippen molar-refractivity contribution < 1.29 is 0 Å². The molecule has 0 bridgehead atoms. The van der Waals surface area contributed by atoms with E-state index in [-0.39, 0.29) is 0 Å². The number of nitrogens with one attached hydrogen (secondary N) is 1. The minimum atomic E-state index is 0.464. The summed E-state index contributed by atoms with van der Waals surface area (Å²) in [6.45, 7) is 3.64. The smallest absolute Gasteiger partial charge is 0.142 e.